The zero-order chi connectivity index (χ0) is 19.4. The van der Waals surface area contributed by atoms with Crippen molar-refractivity contribution < 1.29 is 19.1 Å². The summed E-state index contributed by atoms with van der Waals surface area (Å²) in [5.41, 5.74) is 2.19. The Balaban J connectivity index is 1.75. The predicted octanol–water partition coefficient (Wildman–Crippen LogP) is 3.56. The standard InChI is InChI=1S/C19H17N3O4S/c1-11-16(12-4-7-14(25-2)8-5-12)21-19(27-11)22-17(23)15-9-6-13(10-20-15)18(24)26-3/h4-10H,1-3H3,(H,21,22,23). The molecule has 1 amide bonds. The minimum atomic E-state index is -0.505. The van der Waals surface area contributed by atoms with E-state index in [0.29, 0.717) is 5.13 Å². The van der Waals surface area contributed by atoms with Crippen molar-refractivity contribution in [2.45, 2.75) is 6.92 Å². The van der Waals surface area contributed by atoms with E-state index in [9.17, 15) is 9.59 Å². The Morgan fingerprint density at radius 1 is 1.07 bits per heavy atom. The smallest absolute Gasteiger partial charge is 0.339 e. The first-order valence-electron chi connectivity index (χ1n) is 7.99. The summed E-state index contributed by atoms with van der Waals surface area (Å²) < 4.78 is 9.77. The molecule has 0 aliphatic heterocycles. The Kier molecular flexibility index (Phi) is 5.46. The number of esters is 1. The Morgan fingerprint density at radius 3 is 2.41 bits per heavy atom. The summed E-state index contributed by atoms with van der Waals surface area (Å²) in [5, 5.41) is 3.21. The number of aromatic nitrogens is 2. The first kappa shape index (κ1) is 18.5. The van der Waals surface area contributed by atoms with Crippen molar-refractivity contribution >= 4 is 28.3 Å². The van der Waals surface area contributed by atoms with Gasteiger partial charge in [-0.05, 0) is 43.3 Å². The topological polar surface area (TPSA) is 90.4 Å². The molecule has 1 N–H and O–H groups in total. The van der Waals surface area contributed by atoms with Crippen molar-refractivity contribution in [1.29, 1.82) is 0 Å². The molecule has 0 radical (unpaired) electrons. The normalized spacial score (nSPS) is 10.3. The maximum Gasteiger partial charge on any atom is 0.339 e. The summed E-state index contributed by atoms with van der Waals surface area (Å²) in [6.45, 7) is 1.94. The molecule has 0 fully saturated rings. The first-order valence-corrected chi connectivity index (χ1v) is 8.81. The molecule has 0 spiro atoms. The third kappa shape index (κ3) is 4.12. The van der Waals surface area contributed by atoms with Crippen molar-refractivity contribution in [2.24, 2.45) is 0 Å². The molecule has 0 saturated heterocycles. The number of aryl methyl sites for hydroxylation is 1. The molecular formula is C19H17N3O4S. The average molecular weight is 383 g/mol. The lowest BCUT2D eigenvalue weighted by molar-refractivity contribution is 0.0600. The van der Waals surface area contributed by atoms with Crippen molar-refractivity contribution in [1.82, 2.24) is 9.97 Å². The molecule has 3 aromatic rings. The summed E-state index contributed by atoms with van der Waals surface area (Å²) in [7, 11) is 2.90. The van der Waals surface area contributed by atoms with Gasteiger partial charge in [-0.3, -0.25) is 15.1 Å². The monoisotopic (exact) mass is 383 g/mol. The average Bonchev–Trinajstić information content (AvgIpc) is 3.07. The predicted molar refractivity (Wildman–Crippen MR) is 102 cm³/mol. The van der Waals surface area contributed by atoms with Crippen LogP contribution >= 0.6 is 11.3 Å². The number of nitrogens with one attached hydrogen (secondary N) is 1. The molecular weight excluding hydrogens is 366 g/mol. The molecule has 0 aliphatic carbocycles. The van der Waals surface area contributed by atoms with Crippen LogP contribution in [0.2, 0.25) is 0 Å². The molecule has 7 nitrogen and oxygen atoms in total. The largest absolute Gasteiger partial charge is 0.497 e. The fourth-order valence-electron chi connectivity index (χ4n) is 2.39. The van der Waals surface area contributed by atoms with E-state index in [4.69, 9.17) is 4.74 Å². The van der Waals surface area contributed by atoms with Crippen LogP contribution in [0, 0.1) is 6.92 Å². The second-order valence-electron chi connectivity index (χ2n) is 5.53. The highest BCUT2D eigenvalue weighted by molar-refractivity contribution is 7.16. The van der Waals surface area contributed by atoms with E-state index in [2.05, 4.69) is 20.0 Å². The van der Waals surface area contributed by atoms with Crippen molar-refractivity contribution in [3.8, 4) is 17.0 Å². The van der Waals surface area contributed by atoms with Crippen LogP contribution in [-0.4, -0.2) is 36.1 Å². The molecule has 8 heteroatoms. The van der Waals surface area contributed by atoms with Crippen molar-refractivity contribution in [2.75, 3.05) is 19.5 Å². The van der Waals surface area contributed by atoms with Crippen molar-refractivity contribution in [3.05, 3.63) is 58.7 Å². The van der Waals surface area contributed by atoms with E-state index in [1.807, 2.05) is 31.2 Å². The van der Waals surface area contributed by atoms with Crippen LogP contribution in [0.3, 0.4) is 0 Å². The lowest BCUT2D eigenvalue weighted by Crippen LogP contribution is -2.14. The second-order valence-corrected chi connectivity index (χ2v) is 6.73. The Morgan fingerprint density at radius 2 is 1.81 bits per heavy atom. The van der Waals surface area contributed by atoms with Gasteiger partial charge in [0.1, 0.15) is 11.4 Å². The minimum absolute atomic E-state index is 0.182. The Bertz CT molecular complexity index is 966. The van der Waals surface area contributed by atoms with Crippen LogP contribution < -0.4 is 10.1 Å². The van der Waals surface area contributed by atoms with E-state index in [-0.39, 0.29) is 11.3 Å². The molecule has 0 bridgehead atoms. The molecule has 2 heterocycles. The van der Waals surface area contributed by atoms with E-state index in [1.54, 1.807) is 7.11 Å². The zero-order valence-electron chi connectivity index (χ0n) is 15.0. The lowest BCUT2D eigenvalue weighted by atomic mass is 10.1. The summed E-state index contributed by atoms with van der Waals surface area (Å²) in [6.07, 6.45) is 1.30. The Labute approximate surface area is 160 Å². The maximum atomic E-state index is 12.4. The fraction of sp³-hybridized carbons (Fsp3) is 0.158. The minimum Gasteiger partial charge on any atom is -0.497 e. The van der Waals surface area contributed by atoms with Crippen molar-refractivity contribution in [3.63, 3.8) is 0 Å². The van der Waals surface area contributed by atoms with Gasteiger partial charge in [-0.1, -0.05) is 0 Å². The van der Waals surface area contributed by atoms with Gasteiger partial charge in [0.05, 0.1) is 25.5 Å². The van der Waals surface area contributed by atoms with Gasteiger partial charge in [0.15, 0.2) is 5.13 Å². The van der Waals surface area contributed by atoms with E-state index in [1.165, 1.54) is 36.8 Å². The summed E-state index contributed by atoms with van der Waals surface area (Å²) in [4.78, 5) is 33.3. The highest BCUT2D eigenvalue weighted by Gasteiger charge is 2.15. The number of rotatable bonds is 5. The number of hydrogen-bond donors (Lipinski definition) is 1. The fourth-order valence-corrected chi connectivity index (χ4v) is 3.23. The van der Waals surface area contributed by atoms with Crippen LogP contribution in [0.1, 0.15) is 25.7 Å². The number of anilines is 1. The van der Waals surface area contributed by atoms with Gasteiger partial charge < -0.3 is 9.47 Å². The molecule has 0 unspecified atom stereocenters. The number of amides is 1. The number of pyridine rings is 1. The number of methoxy groups -OCH3 is 2. The number of thiazole rings is 1. The number of hydrogen-bond acceptors (Lipinski definition) is 7. The first-order chi connectivity index (χ1) is 13.0. The number of carbonyl (C=O) groups excluding carboxylic acids is 2. The van der Waals surface area contributed by atoms with Gasteiger partial charge in [0.2, 0.25) is 0 Å². The second kappa shape index (κ2) is 7.96. The van der Waals surface area contributed by atoms with Gasteiger partial charge in [-0.2, -0.15) is 0 Å². The van der Waals surface area contributed by atoms with E-state index in [0.717, 1.165) is 21.9 Å². The molecule has 3 rings (SSSR count). The summed E-state index contributed by atoms with van der Waals surface area (Å²) in [6, 6.07) is 10.5. The third-order valence-corrected chi connectivity index (χ3v) is 4.68. The number of nitrogens with zero attached hydrogens (tertiary/aromatic N) is 2. The molecule has 1 aromatic carbocycles. The molecule has 27 heavy (non-hydrogen) atoms. The van der Waals surface area contributed by atoms with Crippen LogP contribution in [0.5, 0.6) is 5.75 Å². The van der Waals surface area contributed by atoms with Crippen LogP contribution in [0.25, 0.3) is 11.3 Å². The quantitative estimate of drug-likeness (QED) is 0.678. The lowest BCUT2D eigenvalue weighted by Gasteiger charge is -2.03. The van der Waals surface area contributed by atoms with Gasteiger partial charge in [0.25, 0.3) is 5.91 Å². The number of benzene rings is 1. The maximum absolute atomic E-state index is 12.4. The summed E-state index contributed by atoms with van der Waals surface area (Å²) >= 11 is 1.38. The molecule has 0 aliphatic rings. The van der Waals surface area contributed by atoms with Crippen LogP contribution in [0.15, 0.2) is 42.6 Å². The van der Waals surface area contributed by atoms with Gasteiger partial charge in [-0.15, -0.1) is 11.3 Å². The molecule has 0 atom stereocenters. The molecule has 2 aromatic heterocycles. The molecule has 138 valence electrons. The van der Waals surface area contributed by atoms with Gasteiger partial charge >= 0.3 is 5.97 Å². The summed E-state index contributed by atoms with van der Waals surface area (Å²) in [5.74, 6) is -0.141. The van der Waals surface area contributed by atoms with Crippen LogP contribution in [0.4, 0.5) is 5.13 Å². The Hall–Kier alpha value is -3.26. The van der Waals surface area contributed by atoms with Gasteiger partial charge in [-0.25, -0.2) is 9.78 Å². The number of carbonyl (C=O) groups is 2. The van der Waals surface area contributed by atoms with E-state index < -0.39 is 11.9 Å². The zero-order valence-corrected chi connectivity index (χ0v) is 15.8. The van der Waals surface area contributed by atoms with Crippen LogP contribution in [-0.2, 0) is 4.74 Å². The highest BCUT2D eigenvalue weighted by Crippen LogP contribution is 2.31. The molecule has 0 saturated carbocycles. The number of ether oxygens (including phenoxy) is 2. The third-order valence-electron chi connectivity index (χ3n) is 3.80. The van der Waals surface area contributed by atoms with E-state index >= 15 is 0 Å². The highest BCUT2D eigenvalue weighted by atomic mass is 32.1. The SMILES string of the molecule is COC(=O)c1ccc(C(=O)Nc2nc(-c3ccc(OC)cc3)c(C)s2)nc1. The van der Waals surface area contributed by atoms with Gasteiger partial charge in [0, 0.05) is 16.6 Å².